The smallest absolute Gasteiger partial charge is 0.323 e. The standard InChI is InChI=1S/C29H32N4O4/c1-5-37-26-18-12-10-16-23(26)31-29(35)33(25(19-36-4)21-13-7-6-8-14-21)20(2)27-28(34)32(3)24-17-11-9-15-22(24)30-27/h6-18,20,25H,5,19H2,1-4H3,(H,31,35)/t20?,25-/m0/s1. The number of rotatable bonds is 9. The van der Waals surface area contributed by atoms with Gasteiger partial charge in [0, 0.05) is 14.2 Å². The lowest BCUT2D eigenvalue weighted by Gasteiger charge is -2.36. The van der Waals surface area contributed by atoms with E-state index in [4.69, 9.17) is 14.5 Å². The number of carbonyl (C=O) groups is 1. The number of methoxy groups -OCH3 is 1. The molecule has 0 saturated carbocycles. The Kier molecular flexibility index (Phi) is 8.20. The first-order valence-electron chi connectivity index (χ1n) is 12.3. The van der Waals surface area contributed by atoms with Crippen molar-refractivity contribution in [3.05, 3.63) is 100 Å². The van der Waals surface area contributed by atoms with Crippen LogP contribution in [0.1, 0.15) is 37.2 Å². The number of carbonyl (C=O) groups excluding carboxylic acids is 1. The van der Waals surface area contributed by atoms with E-state index in [-0.39, 0.29) is 17.9 Å². The minimum absolute atomic E-state index is 0.225. The Morgan fingerprint density at radius 2 is 1.70 bits per heavy atom. The van der Waals surface area contributed by atoms with Gasteiger partial charge in [-0.05, 0) is 43.7 Å². The van der Waals surface area contributed by atoms with Crippen LogP contribution < -0.4 is 15.6 Å². The van der Waals surface area contributed by atoms with Gasteiger partial charge in [0.2, 0.25) is 0 Å². The normalized spacial score (nSPS) is 12.6. The number of para-hydroxylation sites is 4. The second-order valence-electron chi connectivity index (χ2n) is 8.67. The molecule has 8 nitrogen and oxygen atoms in total. The molecule has 4 aromatic rings. The van der Waals surface area contributed by atoms with Crippen molar-refractivity contribution in [2.75, 3.05) is 25.6 Å². The SMILES string of the molecule is CCOc1ccccc1NC(=O)N(C(C)c1nc2ccccc2n(C)c1=O)[C@@H](COC)c1ccccc1. The average Bonchev–Trinajstić information content (AvgIpc) is 2.92. The van der Waals surface area contributed by atoms with E-state index in [0.717, 1.165) is 11.1 Å². The van der Waals surface area contributed by atoms with Gasteiger partial charge in [0.15, 0.2) is 0 Å². The first-order chi connectivity index (χ1) is 18.0. The van der Waals surface area contributed by atoms with Crippen LogP contribution in [0, 0.1) is 0 Å². The predicted molar refractivity (Wildman–Crippen MR) is 145 cm³/mol. The first-order valence-corrected chi connectivity index (χ1v) is 12.3. The van der Waals surface area contributed by atoms with E-state index in [9.17, 15) is 9.59 Å². The van der Waals surface area contributed by atoms with Crippen LogP contribution in [-0.4, -0.2) is 40.8 Å². The largest absolute Gasteiger partial charge is 0.492 e. The van der Waals surface area contributed by atoms with Gasteiger partial charge >= 0.3 is 6.03 Å². The van der Waals surface area contributed by atoms with Crippen molar-refractivity contribution < 1.29 is 14.3 Å². The fourth-order valence-electron chi connectivity index (χ4n) is 4.49. The number of ether oxygens (including phenoxy) is 2. The molecule has 0 radical (unpaired) electrons. The molecule has 1 N–H and O–H groups in total. The number of benzene rings is 3. The average molecular weight is 501 g/mol. The van der Waals surface area contributed by atoms with Crippen molar-refractivity contribution in [1.29, 1.82) is 0 Å². The van der Waals surface area contributed by atoms with Crippen molar-refractivity contribution in [1.82, 2.24) is 14.5 Å². The van der Waals surface area contributed by atoms with Crippen LogP contribution in [0.2, 0.25) is 0 Å². The zero-order chi connectivity index (χ0) is 26.4. The van der Waals surface area contributed by atoms with Crippen molar-refractivity contribution in [2.45, 2.75) is 25.9 Å². The number of fused-ring (bicyclic) bond motifs is 1. The third-order valence-corrected chi connectivity index (χ3v) is 6.33. The van der Waals surface area contributed by atoms with Gasteiger partial charge in [-0.1, -0.05) is 54.6 Å². The van der Waals surface area contributed by atoms with E-state index < -0.39 is 18.1 Å². The summed E-state index contributed by atoms with van der Waals surface area (Å²) in [4.78, 5) is 33.8. The second kappa shape index (κ2) is 11.7. The van der Waals surface area contributed by atoms with E-state index in [2.05, 4.69) is 5.32 Å². The lowest BCUT2D eigenvalue weighted by Crippen LogP contribution is -2.44. The lowest BCUT2D eigenvalue weighted by molar-refractivity contribution is 0.0885. The molecule has 3 aromatic carbocycles. The number of aryl methyl sites for hydroxylation is 1. The van der Waals surface area contributed by atoms with E-state index >= 15 is 0 Å². The van der Waals surface area contributed by atoms with Crippen LogP contribution in [0.5, 0.6) is 5.75 Å². The Bertz CT molecular complexity index is 1420. The molecule has 0 aliphatic carbocycles. The van der Waals surface area contributed by atoms with Crippen LogP contribution in [0.4, 0.5) is 10.5 Å². The number of nitrogens with zero attached hydrogens (tertiary/aromatic N) is 3. The molecule has 0 aliphatic heterocycles. The van der Waals surface area contributed by atoms with Gasteiger partial charge in [-0.2, -0.15) is 0 Å². The van der Waals surface area contributed by atoms with Crippen molar-refractivity contribution in [2.24, 2.45) is 7.05 Å². The summed E-state index contributed by atoms with van der Waals surface area (Å²) >= 11 is 0. The minimum atomic E-state index is -0.678. The Hall–Kier alpha value is -4.17. The summed E-state index contributed by atoms with van der Waals surface area (Å²) < 4.78 is 12.8. The maximum atomic E-state index is 14.0. The quantitative estimate of drug-likeness (QED) is 0.336. The summed E-state index contributed by atoms with van der Waals surface area (Å²) in [5.41, 5.74) is 2.82. The molecule has 2 amide bonds. The minimum Gasteiger partial charge on any atom is -0.492 e. The molecular weight excluding hydrogens is 468 g/mol. The number of anilines is 1. The molecule has 0 aliphatic rings. The lowest BCUT2D eigenvalue weighted by atomic mass is 10.0. The molecule has 2 atom stereocenters. The molecule has 4 rings (SSSR count). The number of urea groups is 1. The first kappa shape index (κ1) is 25.9. The monoisotopic (exact) mass is 500 g/mol. The number of aromatic nitrogens is 2. The Balaban J connectivity index is 1.83. The molecule has 1 unspecified atom stereocenters. The summed E-state index contributed by atoms with van der Waals surface area (Å²) in [6.45, 7) is 4.39. The molecule has 192 valence electrons. The maximum Gasteiger partial charge on any atom is 0.323 e. The summed E-state index contributed by atoms with van der Waals surface area (Å²) in [6.07, 6.45) is 0. The van der Waals surface area contributed by atoms with Gasteiger partial charge in [-0.3, -0.25) is 4.79 Å². The van der Waals surface area contributed by atoms with Crippen LogP contribution in [0.15, 0.2) is 83.7 Å². The van der Waals surface area contributed by atoms with Gasteiger partial charge < -0.3 is 24.3 Å². The molecule has 8 heteroatoms. The van der Waals surface area contributed by atoms with Gasteiger partial charge in [-0.25, -0.2) is 9.78 Å². The molecule has 1 heterocycles. The van der Waals surface area contributed by atoms with E-state index in [1.54, 1.807) is 35.8 Å². The van der Waals surface area contributed by atoms with Gasteiger partial charge in [0.05, 0.1) is 42.0 Å². The highest BCUT2D eigenvalue weighted by Gasteiger charge is 2.33. The van der Waals surface area contributed by atoms with Crippen LogP contribution >= 0.6 is 0 Å². The number of hydrogen-bond donors (Lipinski definition) is 1. The highest BCUT2D eigenvalue weighted by atomic mass is 16.5. The Morgan fingerprint density at radius 3 is 2.43 bits per heavy atom. The van der Waals surface area contributed by atoms with E-state index in [0.29, 0.717) is 23.6 Å². The van der Waals surface area contributed by atoms with Crippen molar-refractivity contribution in [3.8, 4) is 5.75 Å². The number of hydrogen-bond acceptors (Lipinski definition) is 5. The summed E-state index contributed by atoms with van der Waals surface area (Å²) in [7, 11) is 3.31. The van der Waals surface area contributed by atoms with Gasteiger partial charge in [0.1, 0.15) is 11.4 Å². The van der Waals surface area contributed by atoms with Crippen LogP contribution in [0.3, 0.4) is 0 Å². The topological polar surface area (TPSA) is 85.7 Å². The molecule has 0 fully saturated rings. The van der Waals surface area contributed by atoms with Crippen LogP contribution in [0.25, 0.3) is 11.0 Å². The zero-order valence-corrected chi connectivity index (χ0v) is 21.5. The third kappa shape index (κ3) is 5.49. The van der Waals surface area contributed by atoms with E-state index in [1.165, 1.54) is 0 Å². The maximum absolute atomic E-state index is 14.0. The highest BCUT2D eigenvalue weighted by Crippen LogP contribution is 2.32. The summed E-state index contributed by atoms with van der Waals surface area (Å²) in [5, 5.41) is 3.00. The van der Waals surface area contributed by atoms with Gasteiger partial charge in [-0.15, -0.1) is 0 Å². The molecule has 1 aromatic heterocycles. The molecule has 0 bridgehead atoms. The fraction of sp³-hybridized carbons (Fsp3) is 0.276. The predicted octanol–water partition coefficient (Wildman–Crippen LogP) is 5.32. The highest BCUT2D eigenvalue weighted by molar-refractivity contribution is 5.91. The van der Waals surface area contributed by atoms with Gasteiger partial charge in [0.25, 0.3) is 5.56 Å². The molecule has 0 saturated heterocycles. The zero-order valence-electron chi connectivity index (χ0n) is 21.5. The molecular formula is C29H32N4O4. The number of amides is 2. The second-order valence-corrected chi connectivity index (χ2v) is 8.67. The third-order valence-electron chi connectivity index (χ3n) is 6.33. The number of nitrogens with one attached hydrogen (secondary N) is 1. The Morgan fingerprint density at radius 1 is 1.03 bits per heavy atom. The fourth-order valence-corrected chi connectivity index (χ4v) is 4.49. The summed E-state index contributed by atoms with van der Waals surface area (Å²) in [5.74, 6) is 0.564. The van der Waals surface area contributed by atoms with E-state index in [1.807, 2.05) is 80.6 Å². The Labute approximate surface area is 216 Å². The van der Waals surface area contributed by atoms with Crippen molar-refractivity contribution in [3.63, 3.8) is 0 Å². The van der Waals surface area contributed by atoms with Crippen molar-refractivity contribution >= 4 is 22.8 Å². The summed E-state index contributed by atoms with van der Waals surface area (Å²) in [6, 6.07) is 22.8. The van der Waals surface area contributed by atoms with Crippen LogP contribution in [-0.2, 0) is 11.8 Å². The molecule has 37 heavy (non-hydrogen) atoms. The molecule has 0 spiro atoms.